The number of anilines is 1. The molecule has 0 unspecified atom stereocenters. The van der Waals surface area contributed by atoms with Gasteiger partial charge in [0.25, 0.3) is 0 Å². The van der Waals surface area contributed by atoms with Crippen LogP contribution in [0.25, 0.3) is 0 Å². The van der Waals surface area contributed by atoms with Gasteiger partial charge in [-0.05, 0) is 44.2 Å². The van der Waals surface area contributed by atoms with E-state index < -0.39 is 0 Å². The van der Waals surface area contributed by atoms with Crippen LogP contribution in [0, 0.1) is 5.41 Å². The third-order valence-electron chi connectivity index (χ3n) is 2.25. The smallest absolute Gasteiger partial charge is 0.0376 e. The third kappa shape index (κ3) is 7.37. The lowest BCUT2D eigenvalue weighted by molar-refractivity contribution is 0.411. The van der Waals surface area contributed by atoms with E-state index in [0.29, 0.717) is 5.41 Å². The van der Waals surface area contributed by atoms with Crippen LogP contribution in [0.5, 0.6) is 0 Å². The summed E-state index contributed by atoms with van der Waals surface area (Å²) >= 11 is 0. The Balaban J connectivity index is 0.00000137. The van der Waals surface area contributed by atoms with Crippen LogP contribution in [0.3, 0.4) is 0 Å². The fourth-order valence-corrected chi connectivity index (χ4v) is 1.77. The Morgan fingerprint density at radius 2 is 1.39 bits per heavy atom. The lowest BCUT2D eigenvalue weighted by atomic mass is 9.87. The predicted octanol–water partition coefficient (Wildman–Crippen LogP) is 5.51. The van der Waals surface area contributed by atoms with E-state index in [4.69, 9.17) is 0 Å². The first-order valence-corrected chi connectivity index (χ1v) is 7.03. The Kier molecular flexibility index (Phi) is 6.45. The van der Waals surface area contributed by atoms with E-state index in [-0.39, 0.29) is 5.54 Å². The number of benzene rings is 1. The lowest BCUT2D eigenvalue weighted by Gasteiger charge is -2.26. The van der Waals surface area contributed by atoms with Crippen molar-refractivity contribution < 1.29 is 0 Å². The van der Waals surface area contributed by atoms with Crippen LogP contribution in [0.1, 0.15) is 61.0 Å². The van der Waals surface area contributed by atoms with Crippen molar-refractivity contribution in [1.29, 1.82) is 0 Å². The van der Waals surface area contributed by atoms with Gasteiger partial charge in [0.1, 0.15) is 0 Å². The molecule has 0 spiro atoms. The zero-order valence-electron chi connectivity index (χ0n) is 13.5. The molecule has 0 bridgehead atoms. The van der Waals surface area contributed by atoms with Crippen molar-refractivity contribution in [2.45, 2.75) is 67.3 Å². The van der Waals surface area contributed by atoms with Crippen LogP contribution in [-0.4, -0.2) is 5.54 Å². The average molecular weight is 249 g/mol. The summed E-state index contributed by atoms with van der Waals surface area (Å²) in [5.74, 6) is 0. The van der Waals surface area contributed by atoms with Gasteiger partial charge in [0.05, 0.1) is 0 Å². The molecule has 1 aromatic carbocycles. The Hall–Kier alpha value is -0.980. The van der Waals surface area contributed by atoms with Crippen LogP contribution in [0.4, 0.5) is 5.69 Å². The van der Waals surface area contributed by atoms with Crippen molar-refractivity contribution in [2.75, 3.05) is 5.32 Å². The quantitative estimate of drug-likeness (QED) is 0.728. The second kappa shape index (κ2) is 6.82. The maximum Gasteiger partial charge on any atom is 0.0376 e. The normalized spacial score (nSPS) is 11.6. The molecule has 1 N–H and O–H groups in total. The fourth-order valence-electron chi connectivity index (χ4n) is 1.77. The summed E-state index contributed by atoms with van der Waals surface area (Å²) in [6.45, 7) is 17.4. The van der Waals surface area contributed by atoms with E-state index in [9.17, 15) is 0 Å². The minimum Gasteiger partial charge on any atom is -0.380 e. The van der Waals surface area contributed by atoms with Crippen molar-refractivity contribution in [2.24, 2.45) is 5.41 Å². The Labute approximate surface area is 114 Å². The molecule has 1 nitrogen and oxygen atoms in total. The fraction of sp³-hybridized carbons (Fsp3) is 0.647. The molecular weight excluding hydrogens is 218 g/mol. The van der Waals surface area contributed by atoms with Crippen LogP contribution in [0.15, 0.2) is 24.3 Å². The molecule has 1 rings (SSSR count). The third-order valence-corrected chi connectivity index (χ3v) is 2.25. The van der Waals surface area contributed by atoms with Gasteiger partial charge >= 0.3 is 0 Å². The molecule has 0 saturated heterocycles. The summed E-state index contributed by atoms with van der Waals surface area (Å²) in [6, 6.07) is 8.61. The monoisotopic (exact) mass is 249 g/mol. The van der Waals surface area contributed by atoms with Gasteiger partial charge in [0, 0.05) is 11.2 Å². The van der Waals surface area contributed by atoms with Gasteiger partial charge in [0.15, 0.2) is 0 Å². The predicted molar refractivity (Wildman–Crippen MR) is 84.3 cm³/mol. The van der Waals surface area contributed by atoms with Gasteiger partial charge in [-0.3, -0.25) is 0 Å². The van der Waals surface area contributed by atoms with Crippen molar-refractivity contribution in [1.82, 2.24) is 0 Å². The molecule has 0 aliphatic carbocycles. The van der Waals surface area contributed by atoms with Crippen LogP contribution in [0.2, 0.25) is 0 Å². The summed E-state index contributed by atoms with van der Waals surface area (Å²) in [6.07, 6.45) is 1.10. The summed E-state index contributed by atoms with van der Waals surface area (Å²) < 4.78 is 0. The first-order valence-electron chi connectivity index (χ1n) is 7.03. The molecule has 0 heterocycles. The first kappa shape index (κ1) is 17.0. The number of nitrogens with one attached hydrogen (secondary N) is 1. The van der Waals surface area contributed by atoms with E-state index in [0.717, 1.165) is 6.42 Å². The molecule has 0 saturated carbocycles. The molecule has 1 aromatic rings. The Morgan fingerprint density at radius 1 is 0.889 bits per heavy atom. The number of hydrogen-bond donors (Lipinski definition) is 1. The Morgan fingerprint density at radius 3 is 1.83 bits per heavy atom. The molecular formula is C17H31N. The minimum absolute atomic E-state index is 0.119. The van der Waals surface area contributed by atoms with Gasteiger partial charge in [0.2, 0.25) is 0 Å². The van der Waals surface area contributed by atoms with Gasteiger partial charge in [-0.25, -0.2) is 0 Å². The van der Waals surface area contributed by atoms with Crippen LogP contribution < -0.4 is 5.32 Å². The van der Waals surface area contributed by atoms with Crippen molar-refractivity contribution in [3.05, 3.63) is 29.8 Å². The van der Waals surface area contributed by atoms with Gasteiger partial charge in [-0.15, -0.1) is 0 Å². The van der Waals surface area contributed by atoms with Crippen molar-refractivity contribution in [3.63, 3.8) is 0 Å². The maximum absolute atomic E-state index is 3.57. The molecule has 0 radical (unpaired) electrons. The molecule has 0 aliphatic heterocycles. The Bertz CT molecular complexity index is 304. The second-order valence-electron chi connectivity index (χ2n) is 6.77. The molecule has 0 fully saturated rings. The molecule has 0 aromatic heterocycles. The van der Waals surface area contributed by atoms with Crippen molar-refractivity contribution >= 4 is 5.69 Å². The van der Waals surface area contributed by atoms with Crippen LogP contribution in [-0.2, 0) is 6.42 Å². The number of hydrogen-bond acceptors (Lipinski definition) is 1. The molecule has 1 heteroatoms. The second-order valence-corrected chi connectivity index (χ2v) is 6.77. The highest BCUT2D eigenvalue weighted by Gasteiger charge is 2.16. The number of rotatable bonds is 2. The molecule has 0 amide bonds. The van der Waals surface area contributed by atoms with Gasteiger partial charge in [-0.1, -0.05) is 52.8 Å². The lowest BCUT2D eigenvalue weighted by Crippen LogP contribution is -2.27. The largest absolute Gasteiger partial charge is 0.380 e. The van der Waals surface area contributed by atoms with Gasteiger partial charge < -0.3 is 5.32 Å². The highest BCUT2D eigenvalue weighted by Crippen LogP contribution is 2.27. The summed E-state index contributed by atoms with van der Waals surface area (Å²) in [5.41, 5.74) is 3.12. The standard InChI is InChI=1S/C15H25N.C2H6/c1-14(2,3)11-12-9-7-8-10-13(12)16-15(4,5)6;1-2/h7-10,16H,11H2,1-6H3;1-2H3. The summed E-state index contributed by atoms with van der Waals surface area (Å²) in [7, 11) is 0. The van der Waals surface area contributed by atoms with E-state index >= 15 is 0 Å². The first-order chi connectivity index (χ1) is 8.17. The van der Waals surface area contributed by atoms with Crippen LogP contribution >= 0.6 is 0 Å². The zero-order valence-corrected chi connectivity index (χ0v) is 13.5. The zero-order chi connectivity index (χ0) is 14.4. The van der Waals surface area contributed by atoms with E-state index in [1.807, 2.05) is 13.8 Å². The average Bonchev–Trinajstić information content (AvgIpc) is 2.20. The summed E-state index contributed by atoms with van der Waals surface area (Å²) in [4.78, 5) is 0. The molecule has 104 valence electrons. The van der Waals surface area contributed by atoms with E-state index in [2.05, 4.69) is 71.1 Å². The molecule has 18 heavy (non-hydrogen) atoms. The maximum atomic E-state index is 3.57. The van der Waals surface area contributed by atoms with Crippen molar-refractivity contribution in [3.8, 4) is 0 Å². The van der Waals surface area contributed by atoms with E-state index in [1.165, 1.54) is 11.3 Å². The SMILES string of the molecule is CC.CC(C)(C)Cc1ccccc1NC(C)(C)C. The topological polar surface area (TPSA) is 12.0 Å². The highest BCUT2D eigenvalue weighted by molar-refractivity contribution is 5.52. The molecule has 0 aliphatic rings. The minimum atomic E-state index is 0.119. The van der Waals surface area contributed by atoms with Gasteiger partial charge in [-0.2, -0.15) is 0 Å². The highest BCUT2D eigenvalue weighted by atomic mass is 15.0. The summed E-state index contributed by atoms with van der Waals surface area (Å²) in [5, 5.41) is 3.57. The van der Waals surface area contributed by atoms with E-state index in [1.54, 1.807) is 0 Å². The molecule has 0 atom stereocenters. The number of para-hydroxylation sites is 1.